The van der Waals surface area contributed by atoms with Gasteiger partial charge in [-0.15, -0.1) is 0 Å². The molecule has 1 rings (SSSR count). The molecular weight excluding hydrogens is 201 g/mol. The Morgan fingerprint density at radius 2 is 2.25 bits per heavy atom. The predicted molar refractivity (Wildman–Crippen MR) is 49.3 cm³/mol. The highest BCUT2D eigenvalue weighted by atomic mass is 35.5. The van der Waals surface area contributed by atoms with Crippen LogP contribution in [0.25, 0.3) is 0 Å². The Kier molecular flexibility index (Phi) is 2.97. The van der Waals surface area contributed by atoms with Gasteiger partial charge in [0.05, 0.1) is 12.8 Å². The average molecular weight is 208 g/mol. The summed E-state index contributed by atoms with van der Waals surface area (Å²) in [4.78, 5) is 8.39. The van der Waals surface area contributed by atoms with E-state index in [-0.39, 0.29) is 10.3 Å². The summed E-state index contributed by atoms with van der Waals surface area (Å²) >= 11 is 11.3. The Hall–Kier alpha value is -0.710. The molecule has 0 amide bonds. The van der Waals surface area contributed by atoms with E-state index in [0.717, 1.165) is 0 Å². The molecule has 0 fully saturated rings. The Bertz CT molecular complexity index is 269. The number of nitrogens with zero attached hydrogens (tertiary/aromatic N) is 1. The first-order valence-corrected chi connectivity index (χ1v) is 3.81. The quantitative estimate of drug-likeness (QED) is 0.575. The number of pyridine rings is 1. The van der Waals surface area contributed by atoms with Gasteiger partial charge in [0, 0.05) is 6.07 Å². The van der Waals surface area contributed by atoms with Crippen LogP contribution < -0.4 is 11.2 Å². The molecule has 0 bridgehead atoms. The fraction of sp³-hybridized carbons (Fsp3) is 0.167. The van der Waals surface area contributed by atoms with Gasteiger partial charge in [0.2, 0.25) is 0 Å². The molecule has 0 aromatic carbocycles. The summed E-state index contributed by atoms with van der Waals surface area (Å²) in [5.74, 6) is 0. The minimum atomic E-state index is 0.182. The Balaban J connectivity index is 3.10. The molecule has 0 spiro atoms. The lowest BCUT2D eigenvalue weighted by Gasteiger charge is -2.07. The Labute approximate surface area is 79.6 Å². The SMILES string of the molecule is CONc1c(N)cc(Cl)nc1Cl. The van der Waals surface area contributed by atoms with Gasteiger partial charge < -0.3 is 5.73 Å². The summed E-state index contributed by atoms with van der Waals surface area (Å²) in [6.07, 6.45) is 0. The first-order valence-electron chi connectivity index (χ1n) is 3.05. The van der Waals surface area contributed by atoms with Crippen molar-refractivity contribution in [2.75, 3.05) is 18.3 Å². The fourth-order valence-electron chi connectivity index (χ4n) is 0.705. The lowest BCUT2D eigenvalue weighted by Crippen LogP contribution is -2.02. The normalized spacial score (nSPS) is 9.92. The zero-order valence-corrected chi connectivity index (χ0v) is 7.78. The zero-order valence-electron chi connectivity index (χ0n) is 6.27. The second-order valence-corrected chi connectivity index (χ2v) is 2.75. The van der Waals surface area contributed by atoms with E-state index in [9.17, 15) is 0 Å². The molecule has 1 heterocycles. The number of nitrogens with two attached hydrogens (primary N) is 1. The highest BCUT2D eigenvalue weighted by Crippen LogP contribution is 2.28. The van der Waals surface area contributed by atoms with Crippen molar-refractivity contribution in [1.29, 1.82) is 0 Å². The van der Waals surface area contributed by atoms with Crippen molar-refractivity contribution in [3.8, 4) is 0 Å². The molecule has 6 heteroatoms. The summed E-state index contributed by atoms with van der Waals surface area (Å²) in [6.45, 7) is 0. The van der Waals surface area contributed by atoms with E-state index in [1.54, 1.807) is 0 Å². The van der Waals surface area contributed by atoms with Crippen LogP contribution in [0.3, 0.4) is 0 Å². The van der Waals surface area contributed by atoms with Crippen LogP contribution in [-0.4, -0.2) is 12.1 Å². The number of nitrogens with one attached hydrogen (secondary N) is 1. The standard InChI is InChI=1S/C6H7Cl2N3O/c1-12-11-5-3(9)2-4(7)10-6(5)8/h2,11H,1H3,(H2,9,10). The van der Waals surface area contributed by atoms with Gasteiger partial charge >= 0.3 is 0 Å². The van der Waals surface area contributed by atoms with Gasteiger partial charge in [-0.3, -0.25) is 10.3 Å². The number of halogens is 2. The smallest absolute Gasteiger partial charge is 0.158 e. The molecule has 12 heavy (non-hydrogen) atoms. The third kappa shape index (κ3) is 1.91. The van der Waals surface area contributed by atoms with Gasteiger partial charge in [-0.05, 0) is 0 Å². The summed E-state index contributed by atoms with van der Waals surface area (Å²) < 4.78 is 0. The molecule has 66 valence electrons. The van der Waals surface area contributed by atoms with Crippen molar-refractivity contribution in [3.63, 3.8) is 0 Å². The number of anilines is 2. The van der Waals surface area contributed by atoms with E-state index < -0.39 is 0 Å². The molecule has 0 saturated heterocycles. The summed E-state index contributed by atoms with van der Waals surface area (Å²) in [6, 6.07) is 1.48. The largest absolute Gasteiger partial charge is 0.397 e. The van der Waals surface area contributed by atoms with Gasteiger partial charge in [-0.1, -0.05) is 23.2 Å². The topological polar surface area (TPSA) is 60.2 Å². The van der Waals surface area contributed by atoms with E-state index in [2.05, 4.69) is 15.3 Å². The maximum Gasteiger partial charge on any atom is 0.158 e. The van der Waals surface area contributed by atoms with Crippen molar-refractivity contribution in [2.45, 2.75) is 0 Å². The fourth-order valence-corrected chi connectivity index (χ4v) is 1.19. The summed E-state index contributed by atoms with van der Waals surface area (Å²) in [7, 11) is 1.45. The van der Waals surface area contributed by atoms with Crippen LogP contribution >= 0.6 is 23.2 Å². The van der Waals surface area contributed by atoms with E-state index in [0.29, 0.717) is 11.4 Å². The summed E-state index contributed by atoms with van der Waals surface area (Å²) in [5, 5.41) is 0.431. The van der Waals surface area contributed by atoms with Gasteiger partial charge in [0.25, 0.3) is 0 Å². The van der Waals surface area contributed by atoms with Crippen LogP contribution in [0.1, 0.15) is 0 Å². The second-order valence-electron chi connectivity index (χ2n) is 2.01. The van der Waals surface area contributed by atoms with Crippen LogP contribution in [-0.2, 0) is 4.84 Å². The number of hydrogen-bond donors (Lipinski definition) is 2. The molecule has 0 radical (unpaired) electrons. The molecule has 1 aromatic rings. The lowest BCUT2D eigenvalue weighted by atomic mass is 10.4. The van der Waals surface area contributed by atoms with Crippen molar-refractivity contribution in [1.82, 2.24) is 4.98 Å². The van der Waals surface area contributed by atoms with Crippen LogP contribution in [0.2, 0.25) is 10.3 Å². The highest BCUT2D eigenvalue weighted by molar-refractivity contribution is 6.35. The minimum absolute atomic E-state index is 0.182. The van der Waals surface area contributed by atoms with Crippen molar-refractivity contribution < 1.29 is 4.84 Å². The van der Waals surface area contributed by atoms with E-state index in [1.165, 1.54) is 13.2 Å². The maximum atomic E-state index is 5.70. The molecule has 3 N–H and O–H groups in total. The molecule has 0 unspecified atom stereocenters. The molecule has 0 saturated carbocycles. The number of rotatable bonds is 2. The third-order valence-corrected chi connectivity index (χ3v) is 1.65. The van der Waals surface area contributed by atoms with Crippen molar-refractivity contribution in [2.24, 2.45) is 0 Å². The molecule has 0 aliphatic heterocycles. The zero-order chi connectivity index (χ0) is 9.14. The lowest BCUT2D eigenvalue weighted by molar-refractivity contribution is 0.271. The molecule has 0 aliphatic carbocycles. The maximum absolute atomic E-state index is 5.70. The Morgan fingerprint density at radius 3 is 2.75 bits per heavy atom. The van der Waals surface area contributed by atoms with Gasteiger partial charge in [0.15, 0.2) is 5.15 Å². The molecule has 0 atom stereocenters. The average Bonchev–Trinajstić information content (AvgIpc) is 1.96. The second kappa shape index (κ2) is 3.80. The molecule has 1 aromatic heterocycles. The van der Waals surface area contributed by atoms with Crippen LogP contribution in [0, 0.1) is 0 Å². The van der Waals surface area contributed by atoms with Gasteiger partial charge in [-0.25, -0.2) is 4.98 Å². The molecule has 4 nitrogen and oxygen atoms in total. The number of hydrogen-bond acceptors (Lipinski definition) is 4. The minimum Gasteiger partial charge on any atom is -0.397 e. The molecule has 0 aliphatic rings. The summed E-state index contributed by atoms with van der Waals surface area (Å²) in [5.41, 5.74) is 8.86. The van der Waals surface area contributed by atoms with Crippen molar-refractivity contribution >= 4 is 34.6 Å². The first kappa shape index (κ1) is 9.38. The highest BCUT2D eigenvalue weighted by Gasteiger charge is 2.06. The van der Waals surface area contributed by atoms with Crippen LogP contribution in [0.15, 0.2) is 6.07 Å². The van der Waals surface area contributed by atoms with E-state index >= 15 is 0 Å². The molecular formula is C6H7Cl2N3O. The van der Waals surface area contributed by atoms with E-state index in [1.807, 2.05) is 0 Å². The first-order chi connectivity index (χ1) is 5.65. The van der Waals surface area contributed by atoms with Crippen LogP contribution in [0.4, 0.5) is 11.4 Å². The monoisotopic (exact) mass is 207 g/mol. The van der Waals surface area contributed by atoms with E-state index in [4.69, 9.17) is 28.9 Å². The van der Waals surface area contributed by atoms with Gasteiger partial charge in [0.1, 0.15) is 10.8 Å². The van der Waals surface area contributed by atoms with Crippen LogP contribution in [0.5, 0.6) is 0 Å². The predicted octanol–water partition coefficient (Wildman–Crippen LogP) is 1.94. The van der Waals surface area contributed by atoms with Crippen molar-refractivity contribution in [3.05, 3.63) is 16.4 Å². The number of nitrogen functional groups attached to an aromatic ring is 1. The number of aromatic nitrogens is 1. The third-order valence-electron chi connectivity index (χ3n) is 1.18. The van der Waals surface area contributed by atoms with Gasteiger partial charge in [-0.2, -0.15) is 0 Å². The Morgan fingerprint density at radius 1 is 1.58 bits per heavy atom.